The van der Waals surface area contributed by atoms with Crippen molar-refractivity contribution < 1.29 is 0 Å². The fourth-order valence-electron chi connectivity index (χ4n) is 3.58. The minimum atomic E-state index is 0.380. The number of allylic oxidation sites excluding steroid dienone is 4. The molecule has 2 aliphatic carbocycles. The zero-order valence-electron chi connectivity index (χ0n) is 12.5. The predicted octanol–water partition coefficient (Wildman–Crippen LogP) is 3.03. The lowest BCUT2D eigenvalue weighted by atomic mass is 9.79. The number of nitrogens with one attached hydrogen (secondary N) is 1. The number of hydrogen-bond donors (Lipinski definition) is 2. The van der Waals surface area contributed by atoms with Gasteiger partial charge in [-0.1, -0.05) is 49.8 Å². The number of nitrogens with two attached hydrogens (primary N) is 1. The van der Waals surface area contributed by atoms with E-state index in [1.807, 2.05) is 0 Å². The highest BCUT2D eigenvalue weighted by molar-refractivity contribution is 5.17. The van der Waals surface area contributed by atoms with Crippen molar-refractivity contribution >= 4 is 0 Å². The molecule has 5 atom stereocenters. The summed E-state index contributed by atoms with van der Waals surface area (Å²) in [4.78, 5) is 0. The average Bonchev–Trinajstić information content (AvgIpc) is 2.39. The average molecular weight is 260 g/mol. The van der Waals surface area contributed by atoms with Crippen LogP contribution in [-0.2, 0) is 0 Å². The van der Waals surface area contributed by atoms with Crippen molar-refractivity contribution in [2.75, 3.05) is 6.54 Å². The quantitative estimate of drug-likeness (QED) is 0.763. The second-order valence-electron chi connectivity index (χ2n) is 6.30. The normalized spacial score (nSPS) is 36.1. The molecule has 19 heavy (non-hydrogen) atoms. The van der Waals surface area contributed by atoms with Crippen LogP contribution in [0.15, 0.2) is 36.0 Å². The van der Waals surface area contributed by atoms with Gasteiger partial charge in [0.05, 0.1) is 0 Å². The van der Waals surface area contributed by atoms with E-state index in [-0.39, 0.29) is 0 Å². The second kappa shape index (κ2) is 6.53. The van der Waals surface area contributed by atoms with Crippen molar-refractivity contribution in [3.05, 3.63) is 36.0 Å². The minimum absolute atomic E-state index is 0.380. The lowest BCUT2D eigenvalue weighted by Gasteiger charge is -2.37. The first kappa shape index (κ1) is 14.5. The third-order valence-corrected chi connectivity index (χ3v) is 4.53. The molecule has 2 heteroatoms. The summed E-state index contributed by atoms with van der Waals surface area (Å²) in [5.41, 5.74) is 7.49. The Morgan fingerprint density at radius 3 is 2.74 bits per heavy atom. The van der Waals surface area contributed by atoms with E-state index in [9.17, 15) is 0 Å². The Morgan fingerprint density at radius 1 is 1.37 bits per heavy atom. The summed E-state index contributed by atoms with van der Waals surface area (Å²) in [6.07, 6.45) is 13.6. The lowest BCUT2D eigenvalue weighted by molar-refractivity contribution is 0.290. The van der Waals surface area contributed by atoms with Gasteiger partial charge in [0, 0.05) is 18.6 Å². The monoisotopic (exact) mass is 260 g/mol. The van der Waals surface area contributed by atoms with Gasteiger partial charge in [-0.3, -0.25) is 0 Å². The van der Waals surface area contributed by atoms with Crippen molar-refractivity contribution in [2.24, 2.45) is 23.5 Å². The molecule has 0 fully saturated rings. The molecule has 0 aromatic carbocycles. The van der Waals surface area contributed by atoms with E-state index in [1.54, 1.807) is 0 Å². The Labute approximate surface area is 117 Å². The molecule has 5 unspecified atom stereocenters. The maximum absolute atomic E-state index is 6.00. The predicted molar refractivity (Wildman–Crippen MR) is 82.9 cm³/mol. The molecule has 0 bridgehead atoms. The Balaban J connectivity index is 2.03. The largest absolute Gasteiger partial charge is 0.329 e. The molecule has 0 radical (unpaired) electrons. The number of hydrogen-bond acceptors (Lipinski definition) is 2. The SMILES string of the molecule is CC1=CC(C)CC(C)C1NC(CN)C1C=CC=CC1. The maximum atomic E-state index is 6.00. The van der Waals surface area contributed by atoms with Crippen molar-refractivity contribution in [3.8, 4) is 0 Å². The van der Waals surface area contributed by atoms with Crippen LogP contribution >= 0.6 is 0 Å². The molecule has 2 aliphatic rings. The van der Waals surface area contributed by atoms with Crippen molar-refractivity contribution in [1.82, 2.24) is 5.32 Å². The van der Waals surface area contributed by atoms with Crippen molar-refractivity contribution in [3.63, 3.8) is 0 Å². The molecule has 2 nitrogen and oxygen atoms in total. The molecular weight excluding hydrogens is 232 g/mol. The molecule has 0 amide bonds. The van der Waals surface area contributed by atoms with Gasteiger partial charge in [0.15, 0.2) is 0 Å². The summed E-state index contributed by atoms with van der Waals surface area (Å²) in [7, 11) is 0. The molecule has 106 valence electrons. The molecule has 0 saturated carbocycles. The first-order valence-corrected chi connectivity index (χ1v) is 7.59. The Bertz CT molecular complexity index is 381. The van der Waals surface area contributed by atoms with E-state index in [0.717, 1.165) is 6.42 Å². The van der Waals surface area contributed by atoms with E-state index in [1.165, 1.54) is 12.0 Å². The highest BCUT2D eigenvalue weighted by Crippen LogP contribution is 2.29. The molecule has 2 rings (SSSR count). The van der Waals surface area contributed by atoms with Gasteiger partial charge < -0.3 is 11.1 Å². The fourth-order valence-corrected chi connectivity index (χ4v) is 3.58. The van der Waals surface area contributed by atoms with E-state index < -0.39 is 0 Å². The van der Waals surface area contributed by atoms with Gasteiger partial charge in [0.2, 0.25) is 0 Å². The van der Waals surface area contributed by atoms with Crippen LogP contribution in [-0.4, -0.2) is 18.6 Å². The molecule has 0 aromatic rings. The van der Waals surface area contributed by atoms with Crippen LogP contribution in [0.1, 0.15) is 33.6 Å². The van der Waals surface area contributed by atoms with Gasteiger partial charge in [0.1, 0.15) is 0 Å². The molecule has 0 spiro atoms. The zero-order valence-corrected chi connectivity index (χ0v) is 12.5. The fraction of sp³-hybridized carbons (Fsp3) is 0.647. The van der Waals surface area contributed by atoms with E-state index in [0.29, 0.717) is 36.4 Å². The summed E-state index contributed by atoms with van der Waals surface area (Å²) in [5, 5.41) is 3.82. The van der Waals surface area contributed by atoms with Crippen LogP contribution in [0.2, 0.25) is 0 Å². The topological polar surface area (TPSA) is 38.0 Å². The van der Waals surface area contributed by atoms with Crippen LogP contribution in [0.5, 0.6) is 0 Å². The van der Waals surface area contributed by atoms with Gasteiger partial charge >= 0.3 is 0 Å². The Kier molecular flexibility index (Phi) is 5.00. The van der Waals surface area contributed by atoms with Crippen molar-refractivity contribution in [1.29, 1.82) is 0 Å². The maximum Gasteiger partial charge on any atom is 0.0306 e. The molecular formula is C17H28N2. The third kappa shape index (κ3) is 3.58. The summed E-state index contributed by atoms with van der Waals surface area (Å²) >= 11 is 0. The first-order valence-electron chi connectivity index (χ1n) is 7.59. The zero-order chi connectivity index (χ0) is 13.8. The summed E-state index contributed by atoms with van der Waals surface area (Å²) in [6, 6.07) is 0.870. The van der Waals surface area contributed by atoms with Gasteiger partial charge in [0.25, 0.3) is 0 Å². The standard InChI is InChI=1S/C17H28N2/c1-12-9-13(2)17(14(3)10-12)19-16(11-18)15-7-5-4-6-8-15/h4-7,9,12,14-17,19H,8,10-11,18H2,1-3H3. The van der Waals surface area contributed by atoms with Crippen LogP contribution in [0.3, 0.4) is 0 Å². The van der Waals surface area contributed by atoms with E-state index in [2.05, 4.69) is 56.5 Å². The third-order valence-electron chi connectivity index (χ3n) is 4.53. The van der Waals surface area contributed by atoms with Crippen LogP contribution in [0.4, 0.5) is 0 Å². The van der Waals surface area contributed by atoms with Crippen LogP contribution in [0.25, 0.3) is 0 Å². The highest BCUT2D eigenvalue weighted by atomic mass is 15.0. The molecule has 3 N–H and O–H groups in total. The molecule has 0 saturated heterocycles. The van der Waals surface area contributed by atoms with Gasteiger partial charge in [-0.15, -0.1) is 0 Å². The minimum Gasteiger partial charge on any atom is -0.329 e. The highest BCUT2D eigenvalue weighted by Gasteiger charge is 2.29. The molecule has 0 aliphatic heterocycles. The van der Waals surface area contributed by atoms with Gasteiger partial charge in [-0.2, -0.15) is 0 Å². The Morgan fingerprint density at radius 2 is 2.16 bits per heavy atom. The smallest absolute Gasteiger partial charge is 0.0306 e. The number of rotatable bonds is 4. The lowest BCUT2D eigenvalue weighted by Crippen LogP contribution is -2.50. The molecule has 0 heterocycles. The Hall–Kier alpha value is -0.860. The van der Waals surface area contributed by atoms with Gasteiger partial charge in [-0.25, -0.2) is 0 Å². The van der Waals surface area contributed by atoms with Gasteiger partial charge in [-0.05, 0) is 37.5 Å². The second-order valence-corrected chi connectivity index (χ2v) is 6.30. The summed E-state index contributed by atoms with van der Waals surface area (Å²) in [6.45, 7) is 7.63. The van der Waals surface area contributed by atoms with Crippen LogP contribution < -0.4 is 11.1 Å². The summed E-state index contributed by atoms with van der Waals surface area (Å²) in [5.74, 6) is 1.94. The summed E-state index contributed by atoms with van der Waals surface area (Å²) < 4.78 is 0. The van der Waals surface area contributed by atoms with Crippen LogP contribution in [0, 0.1) is 17.8 Å². The first-order chi connectivity index (χ1) is 9.11. The van der Waals surface area contributed by atoms with E-state index >= 15 is 0 Å². The van der Waals surface area contributed by atoms with E-state index in [4.69, 9.17) is 5.73 Å². The molecule has 0 aromatic heterocycles. The van der Waals surface area contributed by atoms with Crippen molar-refractivity contribution in [2.45, 2.75) is 45.7 Å².